The fraction of sp³-hybridized carbons (Fsp3) is 0.562. The van der Waals surface area contributed by atoms with Crippen LogP contribution in [0.4, 0.5) is 4.39 Å². The van der Waals surface area contributed by atoms with E-state index in [0.717, 1.165) is 18.7 Å². The molecule has 0 saturated carbocycles. The molecule has 1 aromatic rings. The maximum Gasteiger partial charge on any atom is 0.307 e. The lowest BCUT2D eigenvalue weighted by atomic mass is 9.99. The van der Waals surface area contributed by atoms with E-state index in [9.17, 15) is 9.18 Å². The minimum atomic E-state index is -0.226. The van der Waals surface area contributed by atoms with Gasteiger partial charge in [-0.05, 0) is 31.0 Å². The van der Waals surface area contributed by atoms with Gasteiger partial charge < -0.3 is 9.47 Å². The van der Waals surface area contributed by atoms with E-state index < -0.39 is 0 Å². The van der Waals surface area contributed by atoms with Gasteiger partial charge in [0.15, 0.2) is 0 Å². The summed E-state index contributed by atoms with van der Waals surface area (Å²) in [4.78, 5) is 14.1. The molecule has 0 amide bonds. The van der Waals surface area contributed by atoms with E-state index in [2.05, 4.69) is 4.90 Å². The molecular weight excluding hydrogens is 273 g/mol. The molecule has 2 rings (SSSR count). The van der Waals surface area contributed by atoms with E-state index in [1.165, 1.54) is 6.07 Å². The predicted octanol–water partition coefficient (Wildman–Crippen LogP) is 2.46. The largest absolute Gasteiger partial charge is 0.466 e. The van der Waals surface area contributed by atoms with Crippen LogP contribution in [-0.4, -0.2) is 43.8 Å². The van der Waals surface area contributed by atoms with E-state index in [-0.39, 0.29) is 24.2 Å². The highest BCUT2D eigenvalue weighted by Gasteiger charge is 2.26. The van der Waals surface area contributed by atoms with E-state index >= 15 is 0 Å². The van der Waals surface area contributed by atoms with Crippen molar-refractivity contribution in [2.75, 3.05) is 32.9 Å². The summed E-state index contributed by atoms with van der Waals surface area (Å²) < 4.78 is 23.9. The number of carbonyl (C=O) groups excluding carboxylic acids is 1. The van der Waals surface area contributed by atoms with E-state index in [4.69, 9.17) is 9.47 Å². The lowest BCUT2D eigenvalue weighted by Gasteiger charge is -2.34. The van der Waals surface area contributed by atoms with Crippen molar-refractivity contribution in [1.82, 2.24) is 4.90 Å². The summed E-state index contributed by atoms with van der Waals surface area (Å²) in [6.07, 6.45) is 0.277. The fourth-order valence-corrected chi connectivity index (χ4v) is 2.60. The molecule has 21 heavy (non-hydrogen) atoms. The Kier molecular flexibility index (Phi) is 5.70. The van der Waals surface area contributed by atoms with Crippen molar-refractivity contribution in [2.24, 2.45) is 0 Å². The van der Waals surface area contributed by atoms with Crippen molar-refractivity contribution in [2.45, 2.75) is 26.3 Å². The molecule has 0 aromatic heterocycles. The number of halogens is 1. The van der Waals surface area contributed by atoms with Gasteiger partial charge >= 0.3 is 5.97 Å². The monoisotopic (exact) mass is 295 g/mol. The minimum Gasteiger partial charge on any atom is -0.466 e. The number of morpholine rings is 1. The third kappa shape index (κ3) is 4.25. The van der Waals surface area contributed by atoms with Crippen molar-refractivity contribution < 1.29 is 18.7 Å². The van der Waals surface area contributed by atoms with Crippen molar-refractivity contribution in [3.05, 3.63) is 35.1 Å². The number of hydrogen-bond acceptors (Lipinski definition) is 4. The fourth-order valence-electron chi connectivity index (χ4n) is 2.60. The first-order chi connectivity index (χ1) is 10.1. The van der Waals surface area contributed by atoms with Crippen LogP contribution in [0.3, 0.4) is 0 Å². The molecular formula is C16H22FNO3. The van der Waals surface area contributed by atoms with Crippen LogP contribution in [0.2, 0.25) is 0 Å². The lowest BCUT2D eigenvalue weighted by molar-refractivity contribution is -0.145. The van der Waals surface area contributed by atoms with Gasteiger partial charge in [-0.2, -0.15) is 0 Å². The number of benzene rings is 1. The quantitative estimate of drug-likeness (QED) is 0.782. The first-order valence-corrected chi connectivity index (χ1v) is 7.35. The van der Waals surface area contributed by atoms with Crippen molar-refractivity contribution in [3.8, 4) is 0 Å². The van der Waals surface area contributed by atoms with Gasteiger partial charge in [0.25, 0.3) is 0 Å². The number of aryl methyl sites for hydroxylation is 1. The smallest absolute Gasteiger partial charge is 0.307 e. The Morgan fingerprint density at radius 1 is 1.43 bits per heavy atom. The number of ether oxygens (including phenoxy) is 2. The molecule has 0 bridgehead atoms. The Hall–Kier alpha value is -1.46. The topological polar surface area (TPSA) is 38.8 Å². The SMILES string of the molecule is CCOC(=O)CC(c1ccc(F)c(C)c1)N1CCOCC1. The van der Waals surface area contributed by atoms with E-state index in [0.29, 0.717) is 25.4 Å². The molecule has 0 N–H and O–H groups in total. The Morgan fingerprint density at radius 2 is 2.14 bits per heavy atom. The van der Waals surface area contributed by atoms with Gasteiger partial charge in [-0.15, -0.1) is 0 Å². The summed E-state index contributed by atoms with van der Waals surface area (Å²) in [6, 6.07) is 4.94. The maximum atomic E-state index is 13.5. The normalized spacial score (nSPS) is 17.5. The van der Waals surface area contributed by atoms with Crippen LogP contribution in [0, 0.1) is 12.7 Å². The van der Waals surface area contributed by atoms with Crippen LogP contribution >= 0.6 is 0 Å². The zero-order valence-electron chi connectivity index (χ0n) is 12.6. The van der Waals surface area contributed by atoms with Crippen LogP contribution in [0.25, 0.3) is 0 Å². The number of esters is 1. The van der Waals surface area contributed by atoms with E-state index in [1.807, 2.05) is 6.07 Å². The zero-order valence-corrected chi connectivity index (χ0v) is 12.6. The molecule has 1 aliphatic heterocycles. The maximum absolute atomic E-state index is 13.5. The average Bonchev–Trinajstić information content (AvgIpc) is 2.49. The molecule has 4 nitrogen and oxygen atoms in total. The van der Waals surface area contributed by atoms with E-state index in [1.54, 1.807) is 19.9 Å². The third-order valence-corrected chi connectivity index (χ3v) is 3.72. The van der Waals surface area contributed by atoms with Gasteiger partial charge in [0, 0.05) is 19.1 Å². The predicted molar refractivity (Wildman–Crippen MR) is 77.5 cm³/mol. The molecule has 1 aliphatic rings. The first kappa shape index (κ1) is 15.9. The Balaban J connectivity index is 2.20. The van der Waals surface area contributed by atoms with Crippen LogP contribution in [-0.2, 0) is 14.3 Å². The van der Waals surface area contributed by atoms with Crippen LogP contribution in [0.1, 0.15) is 30.5 Å². The van der Waals surface area contributed by atoms with Gasteiger partial charge in [0.2, 0.25) is 0 Å². The third-order valence-electron chi connectivity index (χ3n) is 3.72. The molecule has 1 unspecified atom stereocenters. The Morgan fingerprint density at radius 3 is 2.76 bits per heavy atom. The zero-order chi connectivity index (χ0) is 15.2. The van der Waals surface area contributed by atoms with Crippen molar-refractivity contribution in [3.63, 3.8) is 0 Å². The van der Waals surface area contributed by atoms with Gasteiger partial charge in [-0.1, -0.05) is 12.1 Å². The lowest BCUT2D eigenvalue weighted by Crippen LogP contribution is -2.40. The number of nitrogens with zero attached hydrogens (tertiary/aromatic N) is 1. The molecule has 0 aliphatic carbocycles. The van der Waals surface area contributed by atoms with Gasteiger partial charge in [0.1, 0.15) is 5.82 Å². The van der Waals surface area contributed by atoms with Crippen molar-refractivity contribution >= 4 is 5.97 Å². The average molecular weight is 295 g/mol. The number of carbonyl (C=O) groups is 1. The molecule has 1 atom stereocenters. The Bertz CT molecular complexity index is 486. The van der Waals surface area contributed by atoms with Gasteiger partial charge in [0.05, 0.1) is 26.2 Å². The van der Waals surface area contributed by atoms with Crippen LogP contribution in [0.15, 0.2) is 18.2 Å². The first-order valence-electron chi connectivity index (χ1n) is 7.35. The molecule has 5 heteroatoms. The van der Waals surface area contributed by atoms with Crippen LogP contribution < -0.4 is 0 Å². The summed E-state index contributed by atoms with van der Waals surface area (Å²) in [5.41, 5.74) is 1.54. The summed E-state index contributed by atoms with van der Waals surface area (Å²) in [6.45, 7) is 6.74. The van der Waals surface area contributed by atoms with Gasteiger partial charge in [-0.25, -0.2) is 4.39 Å². The second-order valence-corrected chi connectivity index (χ2v) is 5.18. The van der Waals surface area contributed by atoms with Crippen LogP contribution in [0.5, 0.6) is 0 Å². The standard InChI is InChI=1S/C16H22FNO3/c1-3-21-16(19)11-15(18-6-8-20-9-7-18)13-4-5-14(17)12(2)10-13/h4-5,10,15H,3,6-9,11H2,1-2H3. The number of rotatable bonds is 5. The summed E-state index contributed by atoms with van der Waals surface area (Å²) in [5.74, 6) is -0.452. The second kappa shape index (κ2) is 7.52. The number of hydrogen-bond donors (Lipinski definition) is 0. The molecule has 1 saturated heterocycles. The van der Waals surface area contributed by atoms with Crippen molar-refractivity contribution in [1.29, 1.82) is 0 Å². The summed E-state index contributed by atoms with van der Waals surface area (Å²) in [7, 11) is 0. The Labute approximate surface area is 124 Å². The molecule has 1 fully saturated rings. The molecule has 116 valence electrons. The molecule has 1 aromatic carbocycles. The highest BCUT2D eigenvalue weighted by Crippen LogP contribution is 2.27. The second-order valence-electron chi connectivity index (χ2n) is 5.18. The highest BCUT2D eigenvalue weighted by atomic mass is 19.1. The minimum absolute atomic E-state index is 0.0905. The van der Waals surface area contributed by atoms with Gasteiger partial charge in [-0.3, -0.25) is 9.69 Å². The molecule has 0 radical (unpaired) electrons. The summed E-state index contributed by atoms with van der Waals surface area (Å²) >= 11 is 0. The highest BCUT2D eigenvalue weighted by molar-refractivity contribution is 5.70. The molecule has 1 heterocycles. The molecule has 0 spiro atoms. The summed E-state index contributed by atoms with van der Waals surface area (Å²) in [5, 5.41) is 0.